The summed E-state index contributed by atoms with van der Waals surface area (Å²) in [5.41, 5.74) is -0.287. The van der Waals surface area contributed by atoms with Crippen LogP contribution < -0.4 is 4.65 Å². The van der Waals surface area contributed by atoms with Crippen molar-refractivity contribution in [3.05, 3.63) is 34.1 Å². The molecular weight excluding hydrogens is 231 g/mol. The predicted octanol–water partition coefficient (Wildman–Crippen LogP) is 1.46. The number of morpholine rings is 1. The summed E-state index contributed by atoms with van der Waals surface area (Å²) in [6.45, 7) is 1.11. The number of hydrogen-bond acceptors (Lipinski definition) is 4. The van der Waals surface area contributed by atoms with Gasteiger partial charge in [0.15, 0.2) is 5.82 Å². The second kappa shape index (κ2) is 4.36. The quantitative estimate of drug-likeness (QED) is 0.485. The number of benzene rings is 1. The van der Waals surface area contributed by atoms with Gasteiger partial charge in [-0.15, -0.1) is 4.65 Å². The third-order valence-corrected chi connectivity index (χ3v) is 2.80. The van der Waals surface area contributed by atoms with Gasteiger partial charge in [-0.25, -0.2) is 5.21 Å². The molecule has 0 saturated carbocycles. The SMILES string of the molecule is O=[N+]([O-])c1ccc([N+]2(O)CCOCC2)c(F)c1. The number of rotatable bonds is 2. The molecular formula is C10H12FN2O4+. The van der Waals surface area contributed by atoms with Crippen LogP contribution in [0.4, 0.5) is 15.8 Å². The van der Waals surface area contributed by atoms with E-state index in [2.05, 4.69) is 0 Å². The lowest BCUT2D eigenvalue weighted by atomic mass is 10.2. The van der Waals surface area contributed by atoms with Crippen molar-refractivity contribution in [3.8, 4) is 0 Å². The summed E-state index contributed by atoms with van der Waals surface area (Å²) in [7, 11) is 0. The van der Waals surface area contributed by atoms with Gasteiger partial charge in [0.05, 0.1) is 24.2 Å². The lowest BCUT2D eigenvalue weighted by molar-refractivity contribution is -0.385. The lowest BCUT2D eigenvalue weighted by Gasteiger charge is -2.32. The fourth-order valence-corrected chi connectivity index (χ4v) is 1.83. The van der Waals surface area contributed by atoms with Crippen LogP contribution in [0.25, 0.3) is 0 Å². The van der Waals surface area contributed by atoms with Crippen LogP contribution in [0.15, 0.2) is 18.2 Å². The Morgan fingerprint density at radius 3 is 2.59 bits per heavy atom. The van der Waals surface area contributed by atoms with Crippen LogP contribution in [0, 0.1) is 15.9 Å². The number of quaternary nitrogens is 1. The van der Waals surface area contributed by atoms with E-state index in [1.54, 1.807) is 0 Å². The highest BCUT2D eigenvalue weighted by Crippen LogP contribution is 2.28. The van der Waals surface area contributed by atoms with Crippen molar-refractivity contribution >= 4 is 11.4 Å². The Labute approximate surface area is 96.5 Å². The standard InChI is InChI=1S/C10H12FN2O4/c11-9-7-8(12(14)15)1-2-10(9)13(16)3-5-17-6-4-13/h1-2,7,16H,3-6H2/q+1. The van der Waals surface area contributed by atoms with Gasteiger partial charge in [-0.3, -0.25) is 10.1 Å². The minimum atomic E-state index is -0.774. The van der Waals surface area contributed by atoms with E-state index in [0.29, 0.717) is 13.2 Å². The zero-order valence-corrected chi connectivity index (χ0v) is 9.00. The third kappa shape index (κ3) is 2.26. The highest BCUT2D eigenvalue weighted by Gasteiger charge is 2.35. The Balaban J connectivity index is 2.35. The summed E-state index contributed by atoms with van der Waals surface area (Å²) in [4.78, 5) is 9.80. The summed E-state index contributed by atoms with van der Waals surface area (Å²) >= 11 is 0. The van der Waals surface area contributed by atoms with Gasteiger partial charge in [0, 0.05) is 12.1 Å². The fourth-order valence-electron chi connectivity index (χ4n) is 1.83. The van der Waals surface area contributed by atoms with E-state index >= 15 is 0 Å². The molecule has 1 aliphatic heterocycles. The topological polar surface area (TPSA) is 72.6 Å². The number of nitrogens with zero attached hydrogens (tertiary/aromatic N) is 2. The highest BCUT2D eigenvalue weighted by atomic mass is 19.1. The molecule has 6 nitrogen and oxygen atoms in total. The maximum absolute atomic E-state index is 13.7. The van der Waals surface area contributed by atoms with Crippen molar-refractivity contribution in [1.82, 2.24) is 4.65 Å². The van der Waals surface area contributed by atoms with Crippen LogP contribution in [-0.4, -0.2) is 36.4 Å². The van der Waals surface area contributed by atoms with Crippen molar-refractivity contribution in [3.63, 3.8) is 0 Å². The number of nitro groups is 1. The molecule has 0 aliphatic carbocycles. The van der Waals surface area contributed by atoms with Crippen molar-refractivity contribution in [2.75, 3.05) is 26.3 Å². The van der Waals surface area contributed by atoms with E-state index in [4.69, 9.17) is 4.74 Å². The molecule has 0 radical (unpaired) electrons. The van der Waals surface area contributed by atoms with Gasteiger partial charge in [-0.05, 0) is 0 Å². The number of halogens is 1. The van der Waals surface area contributed by atoms with Crippen molar-refractivity contribution in [1.29, 1.82) is 0 Å². The first-order valence-corrected chi connectivity index (χ1v) is 5.15. The van der Waals surface area contributed by atoms with Gasteiger partial charge in [-0.1, -0.05) is 0 Å². The van der Waals surface area contributed by atoms with E-state index in [9.17, 15) is 19.7 Å². The minimum Gasteiger partial charge on any atom is -0.369 e. The second-order valence-corrected chi connectivity index (χ2v) is 3.88. The molecule has 0 spiro atoms. The first-order valence-electron chi connectivity index (χ1n) is 5.15. The molecule has 92 valence electrons. The first-order chi connectivity index (χ1) is 8.03. The molecule has 2 rings (SSSR count). The van der Waals surface area contributed by atoms with Crippen LogP contribution in [0.1, 0.15) is 0 Å². The van der Waals surface area contributed by atoms with Crippen molar-refractivity contribution in [2.45, 2.75) is 0 Å². The van der Waals surface area contributed by atoms with Gasteiger partial charge in [0.1, 0.15) is 13.1 Å². The molecule has 1 saturated heterocycles. The Kier molecular flexibility index (Phi) is 3.05. The van der Waals surface area contributed by atoms with Gasteiger partial charge < -0.3 is 4.74 Å². The van der Waals surface area contributed by atoms with Crippen LogP contribution in [0.3, 0.4) is 0 Å². The molecule has 0 aromatic heterocycles. The summed E-state index contributed by atoms with van der Waals surface area (Å²) in [5, 5.41) is 20.7. The van der Waals surface area contributed by atoms with Gasteiger partial charge in [0.2, 0.25) is 5.69 Å². The molecule has 0 atom stereocenters. The normalized spacial score (nSPS) is 18.9. The Hall–Kier alpha value is -1.57. The predicted molar refractivity (Wildman–Crippen MR) is 57.2 cm³/mol. The molecule has 1 aromatic carbocycles. The minimum absolute atomic E-state index is 0.0406. The summed E-state index contributed by atoms with van der Waals surface area (Å²) in [6.07, 6.45) is 0. The number of non-ortho nitro benzene ring substituents is 1. The number of nitro benzene ring substituents is 1. The van der Waals surface area contributed by atoms with Crippen LogP contribution >= 0.6 is 0 Å². The second-order valence-electron chi connectivity index (χ2n) is 3.88. The van der Waals surface area contributed by atoms with Crippen LogP contribution in [0.2, 0.25) is 0 Å². The first kappa shape index (κ1) is 11.9. The number of hydroxylamine groups is 2. The van der Waals surface area contributed by atoms with Gasteiger partial charge >= 0.3 is 0 Å². The van der Waals surface area contributed by atoms with E-state index in [-0.39, 0.29) is 24.5 Å². The Morgan fingerprint density at radius 1 is 1.41 bits per heavy atom. The number of ether oxygens (including phenoxy) is 1. The monoisotopic (exact) mass is 243 g/mol. The molecule has 1 aliphatic rings. The molecule has 1 aromatic rings. The smallest absolute Gasteiger partial charge is 0.272 e. The highest BCUT2D eigenvalue weighted by molar-refractivity contribution is 5.48. The lowest BCUT2D eigenvalue weighted by Crippen LogP contribution is -2.54. The van der Waals surface area contributed by atoms with Gasteiger partial charge in [-0.2, -0.15) is 4.39 Å². The zero-order chi connectivity index (χ0) is 12.5. The maximum atomic E-state index is 13.7. The van der Waals surface area contributed by atoms with Crippen LogP contribution in [0.5, 0.6) is 0 Å². The largest absolute Gasteiger partial charge is 0.369 e. The summed E-state index contributed by atoms with van der Waals surface area (Å²) in [6, 6.07) is 3.25. The zero-order valence-electron chi connectivity index (χ0n) is 9.00. The Bertz CT molecular complexity index is 446. The molecule has 0 bridgehead atoms. The molecule has 0 amide bonds. The third-order valence-electron chi connectivity index (χ3n) is 2.80. The van der Waals surface area contributed by atoms with E-state index in [1.807, 2.05) is 0 Å². The summed E-state index contributed by atoms with van der Waals surface area (Å²) in [5.74, 6) is -0.774. The average Bonchev–Trinajstić information content (AvgIpc) is 2.29. The molecule has 1 N–H and O–H groups in total. The molecule has 1 fully saturated rings. The average molecular weight is 243 g/mol. The van der Waals surface area contributed by atoms with Crippen molar-refractivity contribution < 1.29 is 19.3 Å². The maximum Gasteiger partial charge on any atom is 0.272 e. The Morgan fingerprint density at radius 2 is 2.06 bits per heavy atom. The van der Waals surface area contributed by atoms with Gasteiger partial charge in [0.25, 0.3) is 5.69 Å². The van der Waals surface area contributed by atoms with E-state index < -0.39 is 15.4 Å². The van der Waals surface area contributed by atoms with E-state index in [0.717, 1.165) is 6.07 Å². The number of hydrogen-bond donors (Lipinski definition) is 1. The molecule has 17 heavy (non-hydrogen) atoms. The molecule has 1 heterocycles. The molecule has 0 unspecified atom stereocenters. The van der Waals surface area contributed by atoms with Crippen LogP contribution in [-0.2, 0) is 4.74 Å². The summed E-state index contributed by atoms with van der Waals surface area (Å²) < 4.78 is 18.2. The fraction of sp³-hybridized carbons (Fsp3) is 0.400. The van der Waals surface area contributed by atoms with Crippen molar-refractivity contribution in [2.24, 2.45) is 0 Å². The van der Waals surface area contributed by atoms with E-state index in [1.165, 1.54) is 12.1 Å². The molecule has 7 heteroatoms.